The molecule has 0 saturated carbocycles. The Morgan fingerprint density at radius 3 is 2.69 bits per heavy atom. The normalized spacial score (nSPS) is 9.46. The SMILES string of the molecule is CC(=O)Nc1ccc(C)c(NN)c1. The highest BCUT2D eigenvalue weighted by molar-refractivity contribution is 5.89. The van der Waals surface area contributed by atoms with Crippen molar-refractivity contribution < 1.29 is 4.79 Å². The summed E-state index contributed by atoms with van der Waals surface area (Å²) < 4.78 is 0. The molecule has 0 aliphatic carbocycles. The second kappa shape index (κ2) is 3.91. The second-order valence-electron chi connectivity index (χ2n) is 2.86. The highest BCUT2D eigenvalue weighted by Gasteiger charge is 1.99. The van der Waals surface area contributed by atoms with E-state index in [1.54, 1.807) is 6.07 Å². The van der Waals surface area contributed by atoms with E-state index in [9.17, 15) is 4.79 Å². The van der Waals surface area contributed by atoms with E-state index in [1.807, 2.05) is 19.1 Å². The van der Waals surface area contributed by atoms with Crippen LogP contribution >= 0.6 is 0 Å². The second-order valence-corrected chi connectivity index (χ2v) is 2.86. The van der Waals surface area contributed by atoms with Gasteiger partial charge in [-0.15, -0.1) is 0 Å². The molecule has 0 atom stereocenters. The molecule has 4 heteroatoms. The van der Waals surface area contributed by atoms with Crippen LogP contribution in [0.25, 0.3) is 0 Å². The van der Waals surface area contributed by atoms with Crippen LogP contribution in [0.3, 0.4) is 0 Å². The standard InChI is InChI=1S/C9H13N3O/c1-6-3-4-8(11-7(2)13)5-9(6)12-10/h3-5,12H,10H2,1-2H3,(H,11,13). The molecule has 4 nitrogen and oxygen atoms in total. The third-order valence-corrected chi connectivity index (χ3v) is 1.71. The zero-order valence-corrected chi connectivity index (χ0v) is 7.72. The molecule has 13 heavy (non-hydrogen) atoms. The molecule has 0 heterocycles. The number of hydrogen-bond donors (Lipinski definition) is 3. The fourth-order valence-electron chi connectivity index (χ4n) is 1.06. The van der Waals surface area contributed by atoms with Gasteiger partial charge in [0.15, 0.2) is 0 Å². The van der Waals surface area contributed by atoms with Gasteiger partial charge in [0.25, 0.3) is 0 Å². The first-order valence-electron chi connectivity index (χ1n) is 3.98. The minimum atomic E-state index is -0.0909. The van der Waals surface area contributed by atoms with E-state index in [0.29, 0.717) is 0 Å². The van der Waals surface area contributed by atoms with Crippen molar-refractivity contribution in [1.29, 1.82) is 0 Å². The first-order chi connectivity index (χ1) is 6.13. The number of carbonyl (C=O) groups excluding carboxylic acids is 1. The number of aryl methyl sites for hydroxylation is 1. The van der Waals surface area contributed by atoms with Crippen LogP contribution in [0.4, 0.5) is 11.4 Å². The van der Waals surface area contributed by atoms with Crippen molar-refractivity contribution in [1.82, 2.24) is 0 Å². The Morgan fingerprint density at radius 1 is 1.46 bits per heavy atom. The number of hydrogen-bond acceptors (Lipinski definition) is 3. The topological polar surface area (TPSA) is 67.2 Å². The van der Waals surface area contributed by atoms with E-state index in [2.05, 4.69) is 10.7 Å². The average molecular weight is 179 g/mol. The van der Waals surface area contributed by atoms with Crippen LogP contribution in [0.2, 0.25) is 0 Å². The van der Waals surface area contributed by atoms with Gasteiger partial charge in [0.05, 0.1) is 5.69 Å². The summed E-state index contributed by atoms with van der Waals surface area (Å²) in [5, 5.41) is 2.67. The third-order valence-electron chi connectivity index (χ3n) is 1.71. The molecule has 0 fully saturated rings. The number of carbonyl (C=O) groups is 1. The van der Waals surface area contributed by atoms with Gasteiger partial charge in [-0.1, -0.05) is 6.07 Å². The van der Waals surface area contributed by atoms with Crippen LogP contribution in [0.15, 0.2) is 18.2 Å². The molecular formula is C9H13N3O. The van der Waals surface area contributed by atoms with E-state index in [0.717, 1.165) is 16.9 Å². The molecule has 4 N–H and O–H groups in total. The summed E-state index contributed by atoms with van der Waals surface area (Å²) in [5.41, 5.74) is 5.15. The summed E-state index contributed by atoms with van der Waals surface area (Å²) in [4.78, 5) is 10.7. The van der Waals surface area contributed by atoms with Gasteiger partial charge in [0.1, 0.15) is 0 Å². The van der Waals surface area contributed by atoms with E-state index in [-0.39, 0.29) is 5.91 Å². The molecule has 1 amide bonds. The van der Waals surface area contributed by atoms with Crippen LogP contribution in [-0.4, -0.2) is 5.91 Å². The number of anilines is 2. The molecule has 0 aliphatic rings. The summed E-state index contributed by atoms with van der Waals surface area (Å²) in [7, 11) is 0. The monoisotopic (exact) mass is 179 g/mol. The first kappa shape index (κ1) is 9.54. The van der Waals surface area contributed by atoms with Gasteiger partial charge in [-0.3, -0.25) is 10.6 Å². The van der Waals surface area contributed by atoms with Gasteiger partial charge in [-0.2, -0.15) is 0 Å². The van der Waals surface area contributed by atoms with E-state index in [1.165, 1.54) is 6.92 Å². The molecule has 0 aliphatic heterocycles. The lowest BCUT2D eigenvalue weighted by Crippen LogP contribution is -2.10. The van der Waals surface area contributed by atoms with Crippen molar-refractivity contribution in [2.24, 2.45) is 5.84 Å². The molecule has 1 aromatic rings. The fourth-order valence-corrected chi connectivity index (χ4v) is 1.06. The smallest absolute Gasteiger partial charge is 0.221 e. The summed E-state index contributed by atoms with van der Waals surface area (Å²) in [6, 6.07) is 5.51. The molecule has 1 rings (SSSR count). The van der Waals surface area contributed by atoms with Crippen LogP contribution < -0.4 is 16.6 Å². The Kier molecular flexibility index (Phi) is 2.87. The highest BCUT2D eigenvalue weighted by atomic mass is 16.1. The summed E-state index contributed by atoms with van der Waals surface area (Å²) >= 11 is 0. The molecule has 0 radical (unpaired) electrons. The largest absolute Gasteiger partial charge is 0.326 e. The maximum absolute atomic E-state index is 10.7. The zero-order valence-electron chi connectivity index (χ0n) is 7.72. The van der Waals surface area contributed by atoms with Crippen LogP contribution in [0, 0.1) is 6.92 Å². The minimum absolute atomic E-state index is 0.0909. The van der Waals surface area contributed by atoms with Crippen LogP contribution in [-0.2, 0) is 4.79 Å². The molecule has 0 spiro atoms. The lowest BCUT2D eigenvalue weighted by atomic mass is 10.2. The van der Waals surface area contributed by atoms with E-state index in [4.69, 9.17) is 5.84 Å². The molecule has 1 aromatic carbocycles. The number of benzene rings is 1. The number of nitrogens with one attached hydrogen (secondary N) is 2. The van der Waals surface area contributed by atoms with E-state index >= 15 is 0 Å². The van der Waals surface area contributed by atoms with Gasteiger partial charge in [0.2, 0.25) is 5.91 Å². The minimum Gasteiger partial charge on any atom is -0.326 e. The predicted molar refractivity (Wildman–Crippen MR) is 53.3 cm³/mol. The van der Waals surface area contributed by atoms with Crippen molar-refractivity contribution in [2.45, 2.75) is 13.8 Å². The zero-order chi connectivity index (χ0) is 9.84. The van der Waals surface area contributed by atoms with Gasteiger partial charge < -0.3 is 10.7 Å². The van der Waals surface area contributed by atoms with E-state index < -0.39 is 0 Å². The maximum Gasteiger partial charge on any atom is 0.221 e. The number of nitrogens with two attached hydrogens (primary N) is 1. The first-order valence-corrected chi connectivity index (χ1v) is 3.98. The lowest BCUT2D eigenvalue weighted by Gasteiger charge is -2.07. The third kappa shape index (κ3) is 2.45. The van der Waals surface area contributed by atoms with Gasteiger partial charge in [-0.25, -0.2) is 0 Å². The summed E-state index contributed by atoms with van der Waals surface area (Å²) in [6.45, 7) is 3.40. The molecule has 70 valence electrons. The Hall–Kier alpha value is -1.55. The van der Waals surface area contributed by atoms with Crippen molar-refractivity contribution in [3.63, 3.8) is 0 Å². The van der Waals surface area contributed by atoms with Crippen molar-refractivity contribution in [3.8, 4) is 0 Å². The van der Waals surface area contributed by atoms with Crippen molar-refractivity contribution in [2.75, 3.05) is 10.7 Å². The Morgan fingerprint density at radius 2 is 2.15 bits per heavy atom. The Bertz CT molecular complexity index is 323. The molecule has 0 bridgehead atoms. The maximum atomic E-state index is 10.7. The number of hydrazine groups is 1. The molecule has 0 unspecified atom stereocenters. The predicted octanol–water partition coefficient (Wildman–Crippen LogP) is 1.24. The number of nitrogen functional groups attached to an aromatic ring is 1. The molecular weight excluding hydrogens is 166 g/mol. The average Bonchev–Trinajstić information content (AvgIpc) is 2.07. The quantitative estimate of drug-likeness (QED) is 0.472. The fraction of sp³-hybridized carbons (Fsp3) is 0.222. The van der Waals surface area contributed by atoms with Crippen LogP contribution in [0.5, 0.6) is 0 Å². The van der Waals surface area contributed by atoms with Gasteiger partial charge in [0, 0.05) is 12.6 Å². The lowest BCUT2D eigenvalue weighted by molar-refractivity contribution is -0.114. The summed E-state index contributed by atoms with van der Waals surface area (Å²) in [6.07, 6.45) is 0. The highest BCUT2D eigenvalue weighted by Crippen LogP contribution is 2.18. The Labute approximate surface area is 77.1 Å². The van der Waals surface area contributed by atoms with Crippen molar-refractivity contribution >= 4 is 17.3 Å². The van der Waals surface area contributed by atoms with Gasteiger partial charge in [-0.05, 0) is 24.6 Å². The Balaban J connectivity index is 2.92. The number of amides is 1. The van der Waals surface area contributed by atoms with Crippen molar-refractivity contribution in [3.05, 3.63) is 23.8 Å². The molecule has 0 aromatic heterocycles. The molecule has 0 saturated heterocycles. The number of rotatable bonds is 2. The van der Waals surface area contributed by atoms with Crippen LogP contribution in [0.1, 0.15) is 12.5 Å². The summed E-state index contributed by atoms with van der Waals surface area (Å²) in [5.74, 6) is 5.20. The van der Waals surface area contributed by atoms with Gasteiger partial charge >= 0.3 is 0 Å².